The van der Waals surface area contributed by atoms with Crippen molar-refractivity contribution in [2.45, 2.75) is 155 Å². The number of esters is 1. The van der Waals surface area contributed by atoms with Gasteiger partial charge >= 0.3 is 13.8 Å². The van der Waals surface area contributed by atoms with E-state index in [0.717, 1.165) is 51.4 Å². The Morgan fingerprint density at radius 2 is 1.11 bits per heavy atom. The zero-order chi connectivity index (χ0) is 33.1. The van der Waals surface area contributed by atoms with E-state index in [1.165, 1.54) is 70.6 Å². The number of hydrogen-bond acceptors (Lipinski definition) is 5. The van der Waals surface area contributed by atoms with Gasteiger partial charge in [0.15, 0.2) is 6.10 Å². The molecule has 0 aliphatic heterocycles. The minimum Gasteiger partial charge on any atom is -0.498 e. The predicted molar refractivity (Wildman–Crippen MR) is 188 cm³/mol. The van der Waals surface area contributed by atoms with Crippen LogP contribution in [-0.4, -0.2) is 35.1 Å². The van der Waals surface area contributed by atoms with Crippen LogP contribution in [0.2, 0.25) is 0 Å². The molecule has 8 heteroatoms. The largest absolute Gasteiger partial charge is 0.498 e. The van der Waals surface area contributed by atoms with Gasteiger partial charge in [0.25, 0.3) is 0 Å². The van der Waals surface area contributed by atoms with Gasteiger partial charge in [-0.1, -0.05) is 133 Å². The zero-order valence-electron chi connectivity index (χ0n) is 28.5. The first-order valence-corrected chi connectivity index (χ1v) is 19.2. The zero-order valence-corrected chi connectivity index (χ0v) is 29.4. The van der Waals surface area contributed by atoms with Crippen LogP contribution in [-0.2, 0) is 23.4 Å². The summed E-state index contributed by atoms with van der Waals surface area (Å²) >= 11 is 0. The number of phosphoric acid groups is 1. The summed E-state index contributed by atoms with van der Waals surface area (Å²) in [6, 6.07) is 0. The lowest BCUT2D eigenvalue weighted by Gasteiger charge is -2.18. The van der Waals surface area contributed by atoms with Crippen molar-refractivity contribution in [3.63, 3.8) is 0 Å². The molecular formula is C37H65O7P. The summed E-state index contributed by atoms with van der Waals surface area (Å²) in [6.07, 6.45) is 43.0. The molecule has 0 aromatic heterocycles. The monoisotopic (exact) mass is 652 g/mol. The number of ether oxygens (including phenoxy) is 2. The highest BCUT2D eigenvalue weighted by atomic mass is 31.2. The topological polar surface area (TPSA) is 102 Å². The average Bonchev–Trinajstić information content (AvgIpc) is 3.01. The second-order valence-electron chi connectivity index (χ2n) is 11.5. The molecule has 0 fully saturated rings. The molecule has 0 rings (SSSR count). The summed E-state index contributed by atoms with van der Waals surface area (Å²) < 4.78 is 26.6. The van der Waals surface area contributed by atoms with Crippen LogP contribution in [0.25, 0.3) is 0 Å². The molecule has 2 N–H and O–H groups in total. The van der Waals surface area contributed by atoms with E-state index in [4.69, 9.17) is 19.3 Å². The molecular weight excluding hydrogens is 587 g/mol. The van der Waals surface area contributed by atoms with Gasteiger partial charge in [-0.15, -0.1) is 0 Å². The molecule has 0 unspecified atom stereocenters. The predicted octanol–water partition coefficient (Wildman–Crippen LogP) is 11.0. The van der Waals surface area contributed by atoms with Crippen LogP contribution in [0.1, 0.15) is 149 Å². The summed E-state index contributed by atoms with van der Waals surface area (Å²) in [5, 5.41) is 0. The maximum absolute atomic E-state index is 12.3. The first-order chi connectivity index (χ1) is 21.9. The van der Waals surface area contributed by atoms with Gasteiger partial charge in [0.1, 0.15) is 6.61 Å². The van der Waals surface area contributed by atoms with Crippen molar-refractivity contribution in [2.24, 2.45) is 0 Å². The lowest BCUT2D eigenvalue weighted by atomic mass is 10.0. The number of allylic oxidation sites excluding steroid dienone is 9. The van der Waals surface area contributed by atoms with Gasteiger partial charge in [-0.2, -0.15) is 0 Å². The molecule has 0 saturated heterocycles. The van der Waals surface area contributed by atoms with E-state index >= 15 is 0 Å². The third kappa shape index (κ3) is 36.4. The van der Waals surface area contributed by atoms with Crippen molar-refractivity contribution in [2.75, 3.05) is 13.2 Å². The molecule has 0 amide bonds. The lowest BCUT2D eigenvalue weighted by Crippen LogP contribution is -2.27. The van der Waals surface area contributed by atoms with E-state index in [-0.39, 0.29) is 13.0 Å². The van der Waals surface area contributed by atoms with Gasteiger partial charge in [-0.3, -0.25) is 9.32 Å². The molecule has 7 nitrogen and oxygen atoms in total. The Hall–Kier alpha value is -1.92. The fourth-order valence-electron chi connectivity index (χ4n) is 4.57. The van der Waals surface area contributed by atoms with E-state index in [1.54, 1.807) is 6.26 Å². The Kier molecular flexibility index (Phi) is 32.0. The van der Waals surface area contributed by atoms with Crippen LogP contribution < -0.4 is 0 Å². The summed E-state index contributed by atoms with van der Waals surface area (Å²) in [5.41, 5.74) is 0. The van der Waals surface area contributed by atoms with Crippen molar-refractivity contribution in [1.29, 1.82) is 0 Å². The molecule has 0 heterocycles. The molecule has 0 aromatic rings. The molecule has 0 aromatic carbocycles. The second kappa shape index (κ2) is 33.4. The van der Waals surface area contributed by atoms with Gasteiger partial charge in [-0.05, 0) is 63.9 Å². The molecule has 0 aliphatic rings. The fourth-order valence-corrected chi connectivity index (χ4v) is 4.93. The Bertz CT molecular complexity index is 857. The van der Waals surface area contributed by atoms with Crippen LogP contribution >= 0.6 is 7.82 Å². The molecule has 45 heavy (non-hydrogen) atoms. The highest BCUT2D eigenvalue weighted by Gasteiger charge is 2.21. The SMILES string of the molecule is CC/C=C\C/C=C\C/C=C\C/C=C\CCCCC(=O)O[C@H](CO/C=C\CCCCCCCCCCCCCC)COP(=O)(O)O. The number of hydrogen-bond donors (Lipinski definition) is 2. The van der Waals surface area contributed by atoms with Gasteiger partial charge in [0.05, 0.1) is 12.9 Å². The van der Waals surface area contributed by atoms with E-state index < -0.39 is 26.5 Å². The molecule has 0 saturated carbocycles. The second-order valence-corrected chi connectivity index (χ2v) is 12.8. The summed E-state index contributed by atoms with van der Waals surface area (Å²) in [6.45, 7) is 3.94. The Morgan fingerprint density at radius 1 is 0.622 bits per heavy atom. The number of carbonyl (C=O) groups is 1. The van der Waals surface area contributed by atoms with Crippen molar-refractivity contribution in [3.05, 3.63) is 60.9 Å². The minimum absolute atomic E-state index is 0.0252. The van der Waals surface area contributed by atoms with Crippen LogP contribution in [0, 0.1) is 0 Å². The summed E-state index contributed by atoms with van der Waals surface area (Å²) in [4.78, 5) is 30.4. The third-order valence-electron chi connectivity index (χ3n) is 7.15. The van der Waals surface area contributed by atoms with Crippen molar-refractivity contribution < 1.29 is 33.1 Å². The Morgan fingerprint density at radius 3 is 1.67 bits per heavy atom. The van der Waals surface area contributed by atoms with Crippen LogP contribution in [0.3, 0.4) is 0 Å². The first-order valence-electron chi connectivity index (χ1n) is 17.6. The van der Waals surface area contributed by atoms with Crippen molar-refractivity contribution >= 4 is 13.8 Å². The van der Waals surface area contributed by atoms with Gasteiger partial charge in [0, 0.05) is 6.42 Å². The molecule has 0 radical (unpaired) electrons. The van der Waals surface area contributed by atoms with Crippen LogP contribution in [0.5, 0.6) is 0 Å². The normalized spacial score (nSPS) is 13.3. The number of rotatable bonds is 32. The Labute approximate surface area is 275 Å². The number of unbranched alkanes of at least 4 members (excludes halogenated alkanes) is 14. The van der Waals surface area contributed by atoms with E-state index in [9.17, 15) is 9.36 Å². The van der Waals surface area contributed by atoms with E-state index in [2.05, 4.69) is 67.0 Å². The fraction of sp³-hybridized carbons (Fsp3) is 0.703. The van der Waals surface area contributed by atoms with Gasteiger partial charge < -0.3 is 19.3 Å². The maximum Gasteiger partial charge on any atom is 0.469 e. The molecule has 260 valence electrons. The van der Waals surface area contributed by atoms with Crippen LogP contribution in [0.4, 0.5) is 0 Å². The average molecular weight is 653 g/mol. The maximum atomic E-state index is 12.3. The smallest absolute Gasteiger partial charge is 0.469 e. The summed E-state index contributed by atoms with van der Waals surface area (Å²) in [5.74, 6) is -0.427. The van der Waals surface area contributed by atoms with Crippen molar-refractivity contribution in [1.82, 2.24) is 0 Å². The standard InChI is InChI=1S/C37H65O7P/c1-3-5-7-9-11-13-15-17-19-20-22-24-26-28-30-32-37(38)44-36(35-43-45(39,40)41)34-42-33-31-29-27-25-23-21-18-16-14-12-10-8-6-4-2/h5,7,11,13,17,19,22,24,31,33,36H,3-4,6,8-10,12,14-16,18,20-21,23,25-30,32,34-35H2,1-2H3,(H2,39,40,41)/b7-5-,13-11-,19-17-,24-22-,33-31-/t36-/m1/s1. The molecule has 0 aliphatic carbocycles. The van der Waals surface area contributed by atoms with E-state index in [1.807, 2.05) is 6.08 Å². The van der Waals surface area contributed by atoms with Crippen LogP contribution in [0.15, 0.2) is 60.9 Å². The molecule has 1 atom stereocenters. The number of carbonyl (C=O) groups excluding carboxylic acids is 1. The van der Waals surface area contributed by atoms with E-state index in [0.29, 0.717) is 6.42 Å². The highest BCUT2D eigenvalue weighted by molar-refractivity contribution is 7.46. The Balaban J connectivity index is 4.01. The van der Waals surface area contributed by atoms with Gasteiger partial charge in [-0.25, -0.2) is 4.57 Å². The first kappa shape index (κ1) is 43.1. The third-order valence-corrected chi connectivity index (χ3v) is 7.63. The quantitative estimate of drug-likeness (QED) is 0.0245. The number of phosphoric ester groups is 1. The molecule has 0 bridgehead atoms. The van der Waals surface area contributed by atoms with Crippen molar-refractivity contribution in [3.8, 4) is 0 Å². The molecule has 0 spiro atoms. The minimum atomic E-state index is -4.68. The lowest BCUT2D eigenvalue weighted by molar-refractivity contribution is -0.153. The summed E-state index contributed by atoms with van der Waals surface area (Å²) in [7, 11) is -4.68. The van der Waals surface area contributed by atoms with Gasteiger partial charge in [0.2, 0.25) is 0 Å². The highest BCUT2D eigenvalue weighted by Crippen LogP contribution is 2.35.